The highest BCUT2D eigenvalue weighted by atomic mass is 32.2. The first-order chi connectivity index (χ1) is 21.3. The monoisotopic (exact) mass is 620 g/mol. The van der Waals surface area contributed by atoms with E-state index >= 15 is 8.78 Å². The Balaban J connectivity index is 1.50. The Bertz CT molecular complexity index is 1760. The van der Waals surface area contributed by atoms with Gasteiger partial charge in [0.05, 0.1) is 33.2 Å². The van der Waals surface area contributed by atoms with Crippen molar-refractivity contribution in [3.63, 3.8) is 0 Å². The molecule has 1 heterocycles. The number of ether oxygens (including phenoxy) is 3. The van der Waals surface area contributed by atoms with Crippen molar-refractivity contribution >= 4 is 23.3 Å². The van der Waals surface area contributed by atoms with Crippen LogP contribution in [0.25, 0.3) is 16.8 Å². The van der Waals surface area contributed by atoms with E-state index in [9.17, 15) is 4.39 Å². The van der Waals surface area contributed by atoms with Gasteiger partial charge in [-0.25, -0.2) is 18.2 Å². The number of halogens is 3. The number of imidazole rings is 1. The predicted molar refractivity (Wildman–Crippen MR) is 167 cm³/mol. The third-order valence-corrected chi connectivity index (χ3v) is 8.19. The van der Waals surface area contributed by atoms with Crippen LogP contribution in [0.4, 0.5) is 24.7 Å². The SMILES string of the molecule is COc1cc(-n2c(N(C)c3ccc(OC)c(OC)c3)cnc2SCc2c(F)cc(-c3ccc(CN)cc3)cc2F)ccc1F. The van der Waals surface area contributed by atoms with Crippen molar-refractivity contribution in [2.24, 2.45) is 5.73 Å². The Morgan fingerprint density at radius 2 is 1.45 bits per heavy atom. The van der Waals surface area contributed by atoms with Crippen LogP contribution in [0.3, 0.4) is 0 Å². The van der Waals surface area contributed by atoms with E-state index in [0.717, 1.165) is 23.0 Å². The molecule has 0 atom stereocenters. The van der Waals surface area contributed by atoms with Gasteiger partial charge in [-0.1, -0.05) is 36.0 Å². The largest absolute Gasteiger partial charge is 0.494 e. The molecule has 0 unspecified atom stereocenters. The molecule has 11 heteroatoms. The Hall–Kier alpha value is -4.61. The zero-order chi connectivity index (χ0) is 31.4. The molecule has 228 valence electrons. The van der Waals surface area contributed by atoms with E-state index in [2.05, 4.69) is 4.98 Å². The molecule has 0 spiro atoms. The minimum Gasteiger partial charge on any atom is -0.494 e. The maximum atomic E-state index is 15.3. The summed E-state index contributed by atoms with van der Waals surface area (Å²) in [6, 6.07) is 19.7. The second-order valence-electron chi connectivity index (χ2n) is 9.76. The third-order valence-electron chi connectivity index (χ3n) is 7.21. The lowest BCUT2D eigenvalue weighted by Crippen LogP contribution is -2.14. The Morgan fingerprint density at radius 1 is 0.773 bits per heavy atom. The molecule has 5 aromatic rings. The molecule has 0 radical (unpaired) electrons. The van der Waals surface area contributed by atoms with Crippen LogP contribution in [0.2, 0.25) is 0 Å². The van der Waals surface area contributed by atoms with Crippen LogP contribution in [-0.4, -0.2) is 37.9 Å². The molecule has 0 saturated carbocycles. The topological polar surface area (TPSA) is 74.8 Å². The minimum absolute atomic E-state index is 0.0408. The molecule has 0 aliphatic rings. The van der Waals surface area contributed by atoms with Gasteiger partial charge in [-0.2, -0.15) is 0 Å². The smallest absolute Gasteiger partial charge is 0.174 e. The molecule has 5 rings (SSSR count). The fourth-order valence-corrected chi connectivity index (χ4v) is 5.74. The van der Waals surface area contributed by atoms with Crippen molar-refractivity contribution in [2.75, 3.05) is 33.3 Å². The van der Waals surface area contributed by atoms with Crippen molar-refractivity contribution in [3.05, 3.63) is 108 Å². The van der Waals surface area contributed by atoms with Crippen molar-refractivity contribution in [1.82, 2.24) is 9.55 Å². The number of benzene rings is 4. The molecule has 4 aromatic carbocycles. The van der Waals surface area contributed by atoms with E-state index < -0.39 is 17.5 Å². The van der Waals surface area contributed by atoms with E-state index in [-0.39, 0.29) is 17.1 Å². The minimum atomic E-state index is -0.667. The summed E-state index contributed by atoms with van der Waals surface area (Å²) in [4.78, 5) is 6.45. The van der Waals surface area contributed by atoms with Gasteiger partial charge in [0, 0.05) is 42.7 Å². The summed E-state index contributed by atoms with van der Waals surface area (Å²) in [5.74, 6) is -0.156. The van der Waals surface area contributed by atoms with Gasteiger partial charge >= 0.3 is 0 Å². The fraction of sp³-hybridized carbons (Fsp3) is 0.182. The van der Waals surface area contributed by atoms with Crippen LogP contribution >= 0.6 is 11.8 Å². The molecule has 2 N–H and O–H groups in total. The lowest BCUT2D eigenvalue weighted by Gasteiger charge is -2.23. The highest BCUT2D eigenvalue weighted by Gasteiger charge is 2.21. The summed E-state index contributed by atoms with van der Waals surface area (Å²) in [7, 11) is 6.32. The van der Waals surface area contributed by atoms with Crippen LogP contribution in [0.5, 0.6) is 17.2 Å². The summed E-state index contributed by atoms with van der Waals surface area (Å²) >= 11 is 1.15. The van der Waals surface area contributed by atoms with E-state index in [1.807, 2.05) is 36.2 Å². The second-order valence-corrected chi connectivity index (χ2v) is 10.7. The molecular formula is C33H31F3N4O3S. The third kappa shape index (κ3) is 6.20. The number of methoxy groups -OCH3 is 3. The number of rotatable bonds is 11. The van der Waals surface area contributed by atoms with Crippen LogP contribution in [0.15, 0.2) is 84.1 Å². The fourth-order valence-electron chi connectivity index (χ4n) is 4.74. The van der Waals surface area contributed by atoms with Gasteiger partial charge in [-0.05, 0) is 53.1 Å². The molecule has 0 fully saturated rings. The van der Waals surface area contributed by atoms with Gasteiger partial charge in [0.1, 0.15) is 17.5 Å². The highest BCUT2D eigenvalue weighted by molar-refractivity contribution is 7.98. The van der Waals surface area contributed by atoms with Gasteiger partial charge < -0.3 is 24.8 Å². The van der Waals surface area contributed by atoms with Gasteiger partial charge in [-0.15, -0.1) is 0 Å². The Kier molecular flexibility index (Phi) is 9.36. The predicted octanol–water partition coefficient (Wildman–Crippen LogP) is 7.50. The van der Waals surface area contributed by atoms with E-state index in [1.54, 1.807) is 55.3 Å². The number of anilines is 2. The van der Waals surface area contributed by atoms with Gasteiger partial charge in [-0.3, -0.25) is 4.57 Å². The normalized spacial score (nSPS) is 11.0. The molecule has 1 aromatic heterocycles. The van der Waals surface area contributed by atoms with Crippen LogP contribution in [-0.2, 0) is 12.3 Å². The first-order valence-corrected chi connectivity index (χ1v) is 14.5. The molecule has 0 saturated heterocycles. The van der Waals surface area contributed by atoms with Crippen molar-refractivity contribution in [2.45, 2.75) is 17.5 Å². The van der Waals surface area contributed by atoms with Crippen molar-refractivity contribution < 1.29 is 27.4 Å². The van der Waals surface area contributed by atoms with Crippen molar-refractivity contribution in [1.29, 1.82) is 0 Å². The maximum absolute atomic E-state index is 15.3. The summed E-state index contributed by atoms with van der Waals surface area (Å²) in [6.45, 7) is 0.380. The summed E-state index contributed by atoms with van der Waals surface area (Å²) in [6.07, 6.45) is 1.63. The van der Waals surface area contributed by atoms with E-state index in [4.69, 9.17) is 19.9 Å². The van der Waals surface area contributed by atoms with Crippen LogP contribution in [0, 0.1) is 17.5 Å². The Labute approximate surface area is 258 Å². The summed E-state index contributed by atoms with van der Waals surface area (Å²) < 4.78 is 62.8. The zero-order valence-electron chi connectivity index (χ0n) is 24.6. The first kappa shape index (κ1) is 30.8. The quantitative estimate of drug-likeness (QED) is 0.153. The Morgan fingerprint density at radius 3 is 2.09 bits per heavy atom. The molecule has 0 aliphatic carbocycles. The molecule has 0 bridgehead atoms. The molecule has 44 heavy (non-hydrogen) atoms. The molecule has 0 amide bonds. The van der Waals surface area contributed by atoms with Crippen molar-refractivity contribution in [3.8, 4) is 34.1 Å². The first-order valence-electron chi connectivity index (χ1n) is 13.6. The number of hydrogen-bond acceptors (Lipinski definition) is 7. The number of nitrogens with zero attached hydrogens (tertiary/aromatic N) is 3. The summed E-state index contributed by atoms with van der Waals surface area (Å²) in [5, 5.41) is 0.432. The standard InChI is InChI=1S/C33H31F3N4O3S/c1-39(23-10-12-29(41-2)31(15-23)43-4)32-18-38-33(40(32)24-9-11-26(34)30(16-24)42-3)44-19-25-27(35)13-22(14-28(25)36)21-7-5-20(17-37)6-8-21/h5-16,18H,17,19,37H2,1-4H3. The second kappa shape index (κ2) is 13.4. The number of thioether (sulfide) groups is 1. The lowest BCUT2D eigenvalue weighted by atomic mass is 10.0. The lowest BCUT2D eigenvalue weighted by molar-refractivity contribution is 0.355. The average Bonchev–Trinajstić information content (AvgIpc) is 3.47. The molecule has 7 nitrogen and oxygen atoms in total. The maximum Gasteiger partial charge on any atom is 0.174 e. The van der Waals surface area contributed by atoms with Gasteiger partial charge in [0.15, 0.2) is 28.2 Å². The van der Waals surface area contributed by atoms with E-state index in [1.165, 1.54) is 25.3 Å². The number of aromatic nitrogens is 2. The van der Waals surface area contributed by atoms with Gasteiger partial charge in [0.2, 0.25) is 0 Å². The molecular weight excluding hydrogens is 589 g/mol. The van der Waals surface area contributed by atoms with Crippen LogP contribution in [0.1, 0.15) is 11.1 Å². The number of nitrogens with two attached hydrogens (primary N) is 1. The summed E-state index contributed by atoms with van der Waals surface area (Å²) in [5.41, 5.74) is 8.91. The zero-order valence-corrected chi connectivity index (χ0v) is 25.4. The highest BCUT2D eigenvalue weighted by Crippen LogP contribution is 2.38. The molecule has 0 aliphatic heterocycles. The van der Waals surface area contributed by atoms with Crippen LogP contribution < -0.4 is 24.8 Å². The van der Waals surface area contributed by atoms with E-state index in [0.29, 0.717) is 45.8 Å². The number of hydrogen-bond donors (Lipinski definition) is 1. The van der Waals surface area contributed by atoms with Gasteiger partial charge in [0.25, 0.3) is 0 Å². The average molecular weight is 621 g/mol.